The van der Waals surface area contributed by atoms with Gasteiger partial charge in [-0.2, -0.15) is 0 Å². The molecular formula is C16H25N3O2. The summed E-state index contributed by atoms with van der Waals surface area (Å²) in [6.07, 6.45) is 0. The van der Waals surface area contributed by atoms with Gasteiger partial charge in [0, 0.05) is 31.9 Å². The largest absolute Gasteiger partial charge is 0.377 e. The molecule has 1 heterocycles. The number of benzene rings is 1. The van der Waals surface area contributed by atoms with E-state index in [9.17, 15) is 4.79 Å². The van der Waals surface area contributed by atoms with Crippen molar-refractivity contribution >= 4 is 11.6 Å². The zero-order valence-electron chi connectivity index (χ0n) is 13.1. The number of carbonyl (C=O) groups excluding carboxylic acids is 1. The minimum Gasteiger partial charge on any atom is -0.377 e. The Balaban J connectivity index is 2.23. The van der Waals surface area contributed by atoms with E-state index in [0.717, 1.165) is 18.8 Å². The van der Waals surface area contributed by atoms with Crippen molar-refractivity contribution in [2.75, 3.05) is 31.7 Å². The van der Waals surface area contributed by atoms with Gasteiger partial charge >= 0.3 is 0 Å². The van der Waals surface area contributed by atoms with Crippen molar-refractivity contribution < 1.29 is 9.53 Å². The topological polar surface area (TPSA) is 53.6 Å². The van der Waals surface area contributed by atoms with Crippen molar-refractivity contribution in [3.8, 4) is 0 Å². The molecule has 1 unspecified atom stereocenters. The molecule has 5 nitrogen and oxygen atoms in total. The third kappa shape index (κ3) is 3.95. The first-order valence-corrected chi connectivity index (χ1v) is 7.50. The number of morpholine rings is 1. The fourth-order valence-corrected chi connectivity index (χ4v) is 2.53. The normalized spacial score (nSPS) is 18.9. The highest BCUT2D eigenvalue weighted by molar-refractivity contribution is 5.85. The number of carbonyl (C=O) groups is 1. The highest BCUT2D eigenvalue weighted by Crippen LogP contribution is 2.24. The van der Waals surface area contributed by atoms with Crippen LogP contribution in [0.2, 0.25) is 0 Å². The average molecular weight is 291 g/mol. The predicted octanol–water partition coefficient (Wildman–Crippen LogP) is 1.14. The molecule has 1 aromatic carbocycles. The molecule has 0 spiro atoms. The van der Waals surface area contributed by atoms with Gasteiger partial charge in [-0.25, -0.2) is 0 Å². The summed E-state index contributed by atoms with van der Waals surface area (Å²) < 4.78 is 5.48. The lowest BCUT2D eigenvalue weighted by Crippen LogP contribution is -2.53. The number of ether oxygens (including phenoxy) is 1. The van der Waals surface area contributed by atoms with Gasteiger partial charge in [-0.1, -0.05) is 32.0 Å². The third-order valence-electron chi connectivity index (χ3n) is 3.68. The molecule has 116 valence electrons. The number of hydrogen-bond donors (Lipinski definition) is 2. The van der Waals surface area contributed by atoms with E-state index in [4.69, 9.17) is 4.74 Å². The minimum atomic E-state index is -0.260. The first-order valence-electron chi connectivity index (χ1n) is 7.50. The van der Waals surface area contributed by atoms with Crippen LogP contribution in [0.25, 0.3) is 0 Å². The molecule has 1 fully saturated rings. The lowest BCUT2D eigenvalue weighted by atomic mass is 10.1. The number of rotatable bonds is 5. The zero-order valence-corrected chi connectivity index (χ0v) is 13.1. The lowest BCUT2D eigenvalue weighted by molar-refractivity contribution is -0.124. The van der Waals surface area contributed by atoms with Crippen LogP contribution in [-0.2, 0) is 16.1 Å². The number of para-hydroxylation sites is 1. The Kier molecular flexibility index (Phi) is 5.59. The molecule has 1 saturated heterocycles. The molecule has 1 atom stereocenters. The number of amides is 1. The van der Waals surface area contributed by atoms with Crippen LogP contribution in [0, 0.1) is 0 Å². The first-order chi connectivity index (χ1) is 10.1. The maximum atomic E-state index is 12.1. The zero-order chi connectivity index (χ0) is 15.2. The van der Waals surface area contributed by atoms with Crippen LogP contribution in [0.1, 0.15) is 19.4 Å². The molecule has 0 saturated carbocycles. The van der Waals surface area contributed by atoms with Gasteiger partial charge < -0.3 is 20.3 Å². The molecule has 1 aromatic rings. The summed E-state index contributed by atoms with van der Waals surface area (Å²) in [4.78, 5) is 14.2. The van der Waals surface area contributed by atoms with Gasteiger partial charge in [0.25, 0.3) is 0 Å². The third-order valence-corrected chi connectivity index (χ3v) is 3.68. The fraction of sp³-hybridized carbons (Fsp3) is 0.562. The Labute approximate surface area is 126 Å². The van der Waals surface area contributed by atoms with Gasteiger partial charge in [0.05, 0.1) is 13.2 Å². The molecular weight excluding hydrogens is 266 g/mol. The van der Waals surface area contributed by atoms with Crippen LogP contribution in [-0.4, -0.2) is 44.8 Å². The quantitative estimate of drug-likeness (QED) is 0.854. The van der Waals surface area contributed by atoms with E-state index in [1.165, 1.54) is 5.56 Å². The summed E-state index contributed by atoms with van der Waals surface area (Å²) >= 11 is 0. The van der Waals surface area contributed by atoms with E-state index >= 15 is 0 Å². The average Bonchev–Trinajstić information content (AvgIpc) is 2.52. The highest BCUT2D eigenvalue weighted by Gasteiger charge is 2.29. The van der Waals surface area contributed by atoms with Crippen LogP contribution in [0.15, 0.2) is 24.3 Å². The highest BCUT2D eigenvalue weighted by atomic mass is 16.5. The molecule has 21 heavy (non-hydrogen) atoms. The Hall–Kier alpha value is -1.59. The minimum absolute atomic E-state index is 0.00122. The smallest absolute Gasteiger partial charge is 0.244 e. The summed E-state index contributed by atoms with van der Waals surface area (Å²) in [5.74, 6) is 0.00122. The van der Waals surface area contributed by atoms with E-state index in [1.807, 2.05) is 12.1 Å². The standard InChI is InChI=1S/C16H25N3O2/c1-12(2)18-10-13-6-4-5-7-14(13)19-8-9-21-11-15(19)16(20)17-3/h4-7,12,15,18H,8-11H2,1-3H3,(H,17,20). The van der Waals surface area contributed by atoms with Gasteiger partial charge in [-0.05, 0) is 11.6 Å². The maximum Gasteiger partial charge on any atom is 0.244 e. The monoisotopic (exact) mass is 291 g/mol. The maximum absolute atomic E-state index is 12.1. The molecule has 0 radical (unpaired) electrons. The number of likely N-dealkylation sites (N-methyl/N-ethyl adjacent to an activating group) is 1. The summed E-state index contributed by atoms with van der Waals surface area (Å²) in [5, 5.41) is 6.17. The van der Waals surface area contributed by atoms with E-state index < -0.39 is 0 Å². The number of nitrogens with zero attached hydrogens (tertiary/aromatic N) is 1. The van der Waals surface area contributed by atoms with Crippen molar-refractivity contribution in [2.24, 2.45) is 0 Å². The molecule has 1 aliphatic heterocycles. The SMILES string of the molecule is CNC(=O)C1COCCN1c1ccccc1CNC(C)C. The molecule has 2 rings (SSSR count). The van der Waals surface area contributed by atoms with Crippen molar-refractivity contribution in [1.29, 1.82) is 0 Å². The van der Waals surface area contributed by atoms with E-state index in [1.54, 1.807) is 7.05 Å². The van der Waals surface area contributed by atoms with Crippen LogP contribution in [0.4, 0.5) is 5.69 Å². The van der Waals surface area contributed by atoms with E-state index in [0.29, 0.717) is 19.3 Å². The van der Waals surface area contributed by atoms with E-state index in [-0.39, 0.29) is 11.9 Å². The predicted molar refractivity (Wildman–Crippen MR) is 84.4 cm³/mol. The van der Waals surface area contributed by atoms with Crippen LogP contribution >= 0.6 is 0 Å². The van der Waals surface area contributed by atoms with Crippen molar-refractivity contribution in [3.63, 3.8) is 0 Å². The molecule has 1 aliphatic rings. The summed E-state index contributed by atoms with van der Waals surface area (Å²) in [7, 11) is 1.67. The van der Waals surface area contributed by atoms with Gasteiger partial charge in [0.2, 0.25) is 5.91 Å². The van der Waals surface area contributed by atoms with Crippen LogP contribution in [0.5, 0.6) is 0 Å². The lowest BCUT2D eigenvalue weighted by Gasteiger charge is -2.37. The fourth-order valence-electron chi connectivity index (χ4n) is 2.53. The van der Waals surface area contributed by atoms with Gasteiger partial charge in [-0.3, -0.25) is 4.79 Å². The second-order valence-electron chi connectivity index (χ2n) is 5.56. The Bertz CT molecular complexity index is 476. The second-order valence-corrected chi connectivity index (χ2v) is 5.56. The number of nitrogens with one attached hydrogen (secondary N) is 2. The van der Waals surface area contributed by atoms with Gasteiger partial charge in [0.1, 0.15) is 6.04 Å². The molecule has 0 bridgehead atoms. The molecule has 1 amide bonds. The first kappa shape index (κ1) is 15.8. The number of anilines is 1. The summed E-state index contributed by atoms with van der Waals surface area (Å²) in [6.45, 7) is 6.88. The van der Waals surface area contributed by atoms with Gasteiger partial charge in [-0.15, -0.1) is 0 Å². The van der Waals surface area contributed by atoms with Crippen LogP contribution in [0.3, 0.4) is 0 Å². The van der Waals surface area contributed by atoms with Crippen LogP contribution < -0.4 is 15.5 Å². The molecule has 5 heteroatoms. The second kappa shape index (κ2) is 7.43. The number of hydrogen-bond acceptors (Lipinski definition) is 4. The Morgan fingerprint density at radius 1 is 1.43 bits per heavy atom. The van der Waals surface area contributed by atoms with Crippen molar-refractivity contribution in [3.05, 3.63) is 29.8 Å². The molecule has 0 aromatic heterocycles. The Morgan fingerprint density at radius 3 is 2.90 bits per heavy atom. The van der Waals surface area contributed by atoms with Gasteiger partial charge in [0.15, 0.2) is 0 Å². The summed E-state index contributed by atoms with van der Waals surface area (Å²) in [5.41, 5.74) is 2.32. The Morgan fingerprint density at radius 2 is 2.19 bits per heavy atom. The van der Waals surface area contributed by atoms with Crippen molar-refractivity contribution in [1.82, 2.24) is 10.6 Å². The summed E-state index contributed by atoms with van der Waals surface area (Å²) in [6, 6.07) is 8.42. The molecule has 0 aliphatic carbocycles. The van der Waals surface area contributed by atoms with Crippen molar-refractivity contribution in [2.45, 2.75) is 32.5 Å². The molecule has 2 N–H and O–H groups in total. The van der Waals surface area contributed by atoms with E-state index in [2.05, 4.69) is 41.5 Å².